The number of amides is 1. The Balaban J connectivity index is 1.69. The number of rotatable bonds is 10. The van der Waals surface area contributed by atoms with Crippen LogP contribution in [0.25, 0.3) is 0 Å². The second-order valence-corrected chi connectivity index (χ2v) is 10.1. The molecule has 0 radical (unpaired) electrons. The van der Waals surface area contributed by atoms with Crippen molar-refractivity contribution in [1.82, 2.24) is 9.62 Å². The summed E-state index contributed by atoms with van der Waals surface area (Å²) in [6.45, 7) is 4.11. The molecule has 2 aromatic rings. The van der Waals surface area contributed by atoms with Gasteiger partial charge in [-0.15, -0.1) is 11.3 Å². The average molecular weight is 437 g/mol. The van der Waals surface area contributed by atoms with Gasteiger partial charge in [0.15, 0.2) is 0 Å². The van der Waals surface area contributed by atoms with Crippen LogP contribution in [0.5, 0.6) is 0 Å². The summed E-state index contributed by atoms with van der Waals surface area (Å²) < 4.78 is 33.5. The third-order valence-corrected chi connectivity index (χ3v) is 8.20. The lowest BCUT2D eigenvalue weighted by Gasteiger charge is -2.34. The first-order chi connectivity index (χ1) is 14.0. The van der Waals surface area contributed by atoms with Crippen molar-refractivity contribution in [2.75, 3.05) is 19.8 Å². The van der Waals surface area contributed by atoms with Crippen molar-refractivity contribution in [2.45, 2.75) is 49.4 Å². The fourth-order valence-corrected chi connectivity index (χ4v) is 6.04. The molecule has 0 saturated heterocycles. The summed E-state index contributed by atoms with van der Waals surface area (Å²) in [7, 11) is -3.73. The van der Waals surface area contributed by atoms with Gasteiger partial charge in [0.1, 0.15) is 10.3 Å². The molecular weight excluding hydrogens is 408 g/mol. The van der Waals surface area contributed by atoms with E-state index in [2.05, 4.69) is 12.2 Å². The van der Waals surface area contributed by atoms with Crippen molar-refractivity contribution in [2.24, 2.45) is 0 Å². The van der Waals surface area contributed by atoms with Crippen LogP contribution in [-0.2, 0) is 32.5 Å². The Morgan fingerprint density at radius 3 is 2.66 bits per heavy atom. The van der Waals surface area contributed by atoms with Gasteiger partial charge in [-0.25, -0.2) is 8.42 Å². The zero-order valence-corrected chi connectivity index (χ0v) is 18.3. The molecule has 1 aliphatic rings. The van der Waals surface area contributed by atoms with Crippen molar-refractivity contribution < 1.29 is 17.9 Å². The van der Waals surface area contributed by atoms with Gasteiger partial charge in [0, 0.05) is 26.3 Å². The van der Waals surface area contributed by atoms with Crippen LogP contribution >= 0.6 is 11.3 Å². The van der Waals surface area contributed by atoms with Crippen molar-refractivity contribution in [3.8, 4) is 0 Å². The van der Waals surface area contributed by atoms with Gasteiger partial charge in [-0.1, -0.05) is 43.7 Å². The summed E-state index contributed by atoms with van der Waals surface area (Å²) in [4.78, 5) is 12.9. The average Bonchev–Trinajstić information content (AvgIpc) is 3.28. The number of nitrogens with zero attached hydrogens (tertiary/aromatic N) is 1. The number of nitrogens with one attached hydrogen (secondary N) is 1. The molecular formula is C21H28N2O4S2. The zero-order chi connectivity index (χ0) is 20.7. The van der Waals surface area contributed by atoms with Crippen molar-refractivity contribution >= 4 is 27.3 Å². The minimum atomic E-state index is -3.73. The lowest BCUT2D eigenvalue weighted by Crippen LogP contribution is -2.52. The SMILES string of the molecule is CCCCOCCCNC(=O)C1Cc2ccccc2CN1S(=O)(=O)c1cccs1. The van der Waals surface area contributed by atoms with Crippen LogP contribution in [0.1, 0.15) is 37.3 Å². The molecule has 1 amide bonds. The van der Waals surface area contributed by atoms with E-state index in [1.165, 1.54) is 15.6 Å². The summed E-state index contributed by atoms with van der Waals surface area (Å²) in [5.74, 6) is -0.256. The van der Waals surface area contributed by atoms with Crippen LogP contribution in [0.4, 0.5) is 0 Å². The van der Waals surface area contributed by atoms with E-state index in [4.69, 9.17) is 4.74 Å². The minimum Gasteiger partial charge on any atom is -0.381 e. The highest BCUT2D eigenvalue weighted by molar-refractivity contribution is 7.91. The first-order valence-electron chi connectivity index (χ1n) is 10.0. The topological polar surface area (TPSA) is 75.7 Å². The second-order valence-electron chi connectivity index (χ2n) is 7.08. The molecule has 1 aliphatic heterocycles. The van der Waals surface area contributed by atoms with Gasteiger partial charge in [-0.2, -0.15) is 4.31 Å². The summed E-state index contributed by atoms with van der Waals surface area (Å²) in [5.41, 5.74) is 1.97. The third-order valence-electron chi connectivity index (χ3n) is 4.97. The van der Waals surface area contributed by atoms with Gasteiger partial charge in [0.25, 0.3) is 10.0 Å². The van der Waals surface area contributed by atoms with E-state index in [0.29, 0.717) is 26.0 Å². The van der Waals surface area contributed by atoms with Crippen molar-refractivity contribution in [1.29, 1.82) is 0 Å². The number of carbonyl (C=O) groups excluding carboxylic acids is 1. The molecule has 158 valence electrons. The zero-order valence-electron chi connectivity index (χ0n) is 16.7. The summed E-state index contributed by atoms with van der Waals surface area (Å²) in [6.07, 6.45) is 3.20. The van der Waals surface area contributed by atoms with Gasteiger partial charge < -0.3 is 10.1 Å². The number of thiophene rings is 1. The van der Waals surface area contributed by atoms with Crippen LogP contribution in [0.15, 0.2) is 46.0 Å². The van der Waals surface area contributed by atoms with E-state index in [-0.39, 0.29) is 16.7 Å². The number of unbranched alkanes of at least 4 members (excludes halogenated alkanes) is 1. The predicted molar refractivity (Wildman–Crippen MR) is 114 cm³/mol. The van der Waals surface area contributed by atoms with Crippen molar-refractivity contribution in [3.63, 3.8) is 0 Å². The van der Waals surface area contributed by atoms with E-state index in [9.17, 15) is 13.2 Å². The van der Waals surface area contributed by atoms with Crippen LogP contribution in [0.3, 0.4) is 0 Å². The van der Waals surface area contributed by atoms with Crippen LogP contribution in [0, 0.1) is 0 Å². The van der Waals surface area contributed by atoms with Crippen LogP contribution in [-0.4, -0.2) is 44.4 Å². The maximum atomic E-state index is 13.2. The van der Waals surface area contributed by atoms with E-state index in [0.717, 1.165) is 30.6 Å². The van der Waals surface area contributed by atoms with Crippen LogP contribution in [0.2, 0.25) is 0 Å². The minimum absolute atomic E-state index is 0.203. The first kappa shape index (κ1) is 22.0. The molecule has 0 fully saturated rings. The Morgan fingerprint density at radius 2 is 1.93 bits per heavy atom. The highest BCUT2D eigenvalue weighted by Gasteiger charge is 2.39. The third kappa shape index (κ3) is 5.45. The van der Waals surface area contributed by atoms with Gasteiger partial charge in [0.05, 0.1) is 0 Å². The molecule has 1 aromatic carbocycles. The Hall–Kier alpha value is -1.74. The Kier molecular flexibility index (Phi) is 7.83. The van der Waals surface area contributed by atoms with Gasteiger partial charge in [-0.3, -0.25) is 4.79 Å². The standard InChI is InChI=1S/C21H28N2O4S2/c1-2-3-12-27-13-7-11-22-21(24)19-15-17-8-4-5-9-18(17)16-23(19)29(25,26)20-10-6-14-28-20/h4-6,8-10,14,19H,2-3,7,11-13,15-16H2,1H3,(H,22,24). The number of fused-ring (bicyclic) bond motifs is 1. The number of ether oxygens (including phenoxy) is 1. The fraction of sp³-hybridized carbons (Fsp3) is 0.476. The maximum Gasteiger partial charge on any atom is 0.253 e. The number of benzene rings is 1. The normalized spacial score (nSPS) is 17.1. The summed E-state index contributed by atoms with van der Waals surface area (Å²) in [5, 5.41) is 4.63. The van der Waals surface area contributed by atoms with Gasteiger partial charge >= 0.3 is 0 Å². The molecule has 1 N–H and O–H groups in total. The molecule has 1 atom stereocenters. The second kappa shape index (κ2) is 10.3. The van der Waals surface area contributed by atoms with E-state index in [1.54, 1.807) is 17.5 Å². The largest absolute Gasteiger partial charge is 0.381 e. The molecule has 2 heterocycles. The molecule has 8 heteroatoms. The summed E-state index contributed by atoms with van der Waals surface area (Å²) >= 11 is 1.17. The Labute approximate surface area is 176 Å². The maximum absolute atomic E-state index is 13.2. The van der Waals surface area contributed by atoms with Gasteiger partial charge in [0.2, 0.25) is 5.91 Å². The lowest BCUT2D eigenvalue weighted by atomic mass is 9.95. The molecule has 1 aromatic heterocycles. The number of hydrogen-bond acceptors (Lipinski definition) is 5. The van der Waals surface area contributed by atoms with E-state index >= 15 is 0 Å². The highest BCUT2D eigenvalue weighted by Crippen LogP contribution is 2.30. The fourth-order valence-electron chi connectivity index (χ4n) is 3.35. The molecule has 0 spiro atoms. The van der Waals surface area contributed by atoms with Crippen molar-refractivity contribution in [3.05, 3.63) is 52.9 Å². The first-order valence-corrected chi connectivity index (χ1v) is 12.3. The predicted octanol–water partition coefficient (Wildman–Crippen LogP) is 3.19. The summed E-state index contributed by atoms with van der Waals surface area (Å²) in [6, 6.07) is 10.3. The number of hydrogen-bond donors (Lipinski definition) is 1. The smallest absolute Gasteiger partial charge is 0.253 e. The van der Waals surface area contributed by atoms with Crippen LogP contribution < -0.4 is 5.32 Å². The Morgan fingerprint density at radius 1 is 1.17 bits per heavy atom. The molecule has 0 bridgehead atoms. The molecule has 6 nitrogen and oxygen atoms in total. The number of carbonyl (C=O) groups is 1. The number of sulfonamides is 1. The van der Waals surface area contributed by atoms with E-state index < -0.39 is 16.1 Å². The molecule has 1 unspecified atom stereocenters. The molecule has 3 rings (SSSR count). The lowest BCUT2D eigenvalue weighted by molar-refractivity contribution is -0.125. The van der Waals surface area contributed by atoms with Gasteiger partial charge in [-0.05, 0) is 41.8 Å². The quantitative estimate of drug-likeness (QED) is 0.581. The highest BCUT2D eigenvalue weighted by atomic mass is 32.2. The molecule has 0 saturated carbocycles. The monoisotopic (exact) mass is 436 g/mol. The molecule has 29 heavy (non-hydrogen) atoms. The molecule has 0 aliphatic carbocycles. The Bertz CT molecular complexity index is 897. The van der Waals surface area contributed by atoms with E-state index in [1.807, 2.05) is 24.3 Å².